The highest BCUT2D eigenvalue weighted by Crippen LogP contribution is 2.13. The zero-order valence-electron chi connectivity index (χ0n) is 9.76. The van der Waals surface area contributed by atoms with Crippen LogP contribution in [0.3, 0.4) is 0 Å². The van der Waals surface area contributed by atoms with Gasteiger partial charge in [-0.05, 0) is 37.0 Å². The molecule has 0 unspecified atom stereocenters. The average molecular weight is 232 g/mol. The lowest BCUT2D eigenvalue weighted by Crippen LogP contribution is -2.40. The fourth-order valence-electron chi connectivity index (χ4n) is 2.04. The van der Waals surface area contributed by atoms with Crippen LogP contribution in [-0.4, -0.2) is 28.2 Å². The molecule has 0 radical (unpaired) electrons. The number of rotatable bonds is 4. The van der Waals surface area contributed by atoms with Crippen LogP contribution in [0.5, 0.6) is 0 Å². The van der Waals surface area contributed by atoms with E-state index in [1.54, 1.807) is 12.4 Å². The quantitative estimate of drug-likeness (QED) is 0.740. The smallest absolute Gasteiger partial charge is 0.229 e. The van der Waals surface area contributed by atoms with Gasteiger partial charge in [0, 0.05) is 31.8 Å². The Morgan fingerprint density at radius 2 is 1.76 bits per heavy atom. The molecule has 2 heterocycles. The molecule has 0 saturated carbocycles. The van der Waals surface area contributed by atoms with Crippen molar-refractivity contribution in [2.24, 2.45) is 0 Å². The summed E-state index contributed by atoms with van der Waals surface area (Å²) in [4.78, 5) is 28.4. The SMILES string of the molecule is O=C1CCCC(=O)N1CCCc1ccncc1. The Bertz CT molecular complexity index is 387. The van der Waals surface area contributed by atoms with Crippen LogP contribution < -0.4 is 0 Å². The second-order valence-corrected chi connectivity index (χ2v) is 4.25. The van der Waals surface area contributed by atoms with E-state index >= 15 is 0 Å². The highest BCUT2D eigenvalue weighted by Gasteiger charge is 2.24. The van der Waals surface area contributed by atoms with E-state index in [0.29, 0.717) is 25.8 Å². The number of hydrogen-bond donors (Lipinski definition) is 0. The van der Waals surface area contributed by atoms with Gasteiger partial charge in [-0.2, -0.15) is 0 Å². The van der Waals surface area contributed by atoms with Crippen LogP contribution in [0.25, 0.3) is 0 Å². The van der Waals surface area contributed by atoms with Crippen LogP contribution in [0, 0.1) is 0 Å². The van der Waals surface area contributed by atoms with Crippen LogP contribution >= 0.6 is 0 Å². The molecular formula is C13H16N2O2. The summed E-state index contributed by atoms with van der Waals surface area (Å²) in [5.41, 5.74) is 1.19. The Kier molecular flexibility index (Phi) is 3.85. The zero-order valence-corrected chi connectivity index (χ0v) is 9.76. The van der Waals surface area contributed by atoms with E-state index in [0.717, 1.165) is 12.8 Å². The third-order valence-corrected chi connectivity index (χ3v) is 2.98. The molecule has 0 N–H and O–H groups in total. The van der Waals surface area contributed by atoms with Crippen molar-refractivity contribution in [3.8, 4) is 0 Å². The Morgan fingerprint density at radius 3 is 2.41 bits per heavy atom. The predicted octanol–water partition coefficient (Wildman–Crippen LogP) is 1.55. The maximum Gasteiger partial charge on any atom is 0.229 e. The first kappa shape index (κ1) is 11.8. The molecule has 4 nitrogen and oxygen atoms in total. The molecule has 0 spiro atoms. The molecule has 17 heavy (non-hydrogen) atoms. The number of aromatic nitrogens is 1. The van der Waals surface area contributed by atoms with Crippen molar-refractivity contribution in [1.29, 1.82) is 0 Å². The number of carbonyl (C=O) groups excluding carboxylic acids is 2. The number of hydrogen-bond acceptors (Lipinski definition) is 3. The highest BCUT2D eigenvalue weighted by atomic mass is 16.2. The van der Waals surface area contributed by atoms with Crippen LogP contribution in [0.1, 0.15) is 31.2 Å². The minimum Gasteiger partial charge on any atom is -0.283 e. The largest absolute Gasteiger partial charge is 0.283 e. The Balaban J connectivity index is 1.81. The number of imide groups is 1. The molecule has 1 aliphatic rings. The zero-order chi connectivity index (χ0) is 12.1. The van der Waals surface area contributed by atoms with Gasteiger partial charge in [0.15, 0.2) is 0 Å². The van der Waals surface area contributed by atoms with Crippen LogP contribution in [0.2, 0.25) is 0 Å². The van der Waals surface area contributed by atoms with Crippen molar-refractivity contribution in [2.75, 3.05) is 6.54 Å². The van der Waals surface area contributed by atoms with Crippen molar-refractivity contribution in [2.45, 2.75) is 32.1 Å². The normalized spacial score (nSPS) is 16.4. The number of amides is 2. The van der Waals surface area contributed by atoms with Crippen molar-refractivity contribution in [3.63, 3.8) is 0 Å². The summed E-state index contributed by atoms with van der Waals surface area (Å²) < 4.78 is 0. The van der Waals surface area contributed by atoms with E-state index in [-0.39, 0.29) is 11.8 Å². The van der Waals surface area contributed by atoms with Gasteiger partial charge in [0.05, 0.1) is 0 Å². The fraction of sp³-hybridized carbons (Fsp3) is 0.462. The van der Waals surface area contributed by atoms with E-state index in [1.807, 2.05) is 12.1 Å². The second kappa shape index (κ2) is 5.57. The monoisotopic (exact) mass is 232 g/mol. The molecule has 1 fully saturated rings. The van der Waals surface area contributed by atoms with Crippen LogP contribution in [-0.2, 0) is 16.0 Å². The molecule has 1 aromatic heterocycles. The van der Waals surface area contributed by atoms with Crippen molar-refractivity contribution < 1.29 is 9.59 Å². The van der Waals surface area contributed by atoms with Crippen molar-refractivity contribution in [3.05, 3.63) is 30.1 Å². The van der Waals surface area contributed by atoms with Gasteiger partial charge in [0.25, 0.3) is 0 Å². The Hall–Kier alpha value is -1.71. The Labute approximate surface area is 101 Å². The molecule has 1 aliphatic heterocycles. The molecule has 90 valence electrons. The lowest BCUT2D eigenvalue weighted by Gasteiger charge is -2.24. The first-order valence-corrected chi connectivity index (χ1v) is 5.99. The first-order valence-electron chi connectivity index (χ1n) is 5.99. The fourth-order valence-corrected chi connectivity index (χ4v) is 2.04. The van der Waals surface area contributed by atoms with Crippen LogP contribution in [0.4, 0.5) is 0 Å². The van der Waals surface area contributed by atoms with E-state index in [4.69, 9.17) is 0 Å². The molecular weight excluding hydrogens is 216 g/mol. The van der Waals surface area contributed by atoms with E-state index in [2.05, 4.69) is 4.98 Å². The van der Waals surface area contributed by atoms with E-state index in [1.165, 1.54) is 10.5 Å². The van der Waals surface area contributed by atoms with E-state index in [9.17, 15) is 9.59 Å². The number of piperidine rings is 1. The van der Waals surface area contributed by atoms with Crippen molar-refractivity contribution in [1.82, 2.24) is 9.88 Å². The standard InChI is InChI=1S/C13H16N2O2/c16-12-4-1-5-13(17)15(12)10-2-3-11-6-8-14-9-7-11/h6-9H,1-5,10H2. The summed E-state index contributed by atoms with van der Waals surface area (Å²) in [7, 11) is 0. The minimum absolute atomic E-state index is 0.0176. The van der Waals surface area contributed by atoms with E-state index < -0.39 is 0 Å². The summed E-state index contributed by atoms with van der Waals surface area (Å²) in [5, 5.41) is 0. The second-order valence-electron chi connectivity index (χ2n) is 4.25. The summed E-state index contributed by atoms with van der Waals surface area (Å²) in [6.07, 6.45) is 6.95. The number of carbonyl (C=O) groups is 2. The summed E-state index contributed by atoms with van der Waals surface area (Å²) in [6.45, 7) is 0.542. The number of nitrogens with zero attached hydrogens (tertiary/aromatic N) is 2. The van der Waals surface area contributed by atoms with Gasteiger partial charge in [0.1, 0.15) is 0 Å². The maximum atomic E-state index is 11.5. The van der Waals surface area contributed by atoms with Crippen molar-refractivity contribution >= 4 is 11.8 Å². The molecule has 4 heteroatoms. The maximum absolute atomic E-state index is 11.5. The molecule has 0 atom stereocenters. The van der Waals surface area contributed by atoms with Gasteiger partial charge in [0.2, 0.25) is 11.8 Å². The lowest BCUT2D eigenvalue weighted by atomic mass is 10.1. The minimum atomic E-state index is -0.0176. The van der Waals surface area contributed by atoms with Gasteiger partial charge in [-0.1, -0.05) is 0 Å². The summed E-state index contributed by atoms with van der Waals surface area (Å²) in [5.74, 6) is -0.0352. The van der Waals surface area contributed by atoms with Gasteiger partial charge < -0.3 is 0 Å². The van der Waals surface area contributed by atoms with Gasteiger partial charge in [-0.25, -0.2) is 0 Å². The molecule has 1 aromatic rings. The van der Waals surface area contributed by atoms with Crippen LogP contribution in [0.15, 0.2) is 24.5 Å². The highest BCUT2D eigenvalue weighted by molar-refractivity contribution is 5.97. The Morgan fingerprint density at radius 1 is 1.12 bits per heavy atom. The third-order valence-electron chi connectivity index (χ3n) is 2.98. The molecule has 0 aliphatic carbocycles. The average Bonchev–Trinajstić information content (AvgIpc) is 2.34. The number of aryl methyl sites for hydroxylation is 1. The summed E-state index contributed by atoms with van der Waals surface area (Å²) in [6, 6.07) is 3.92. The molecule has 2 amide bonds. The predicted molar refractivity (Wildman–Crippen MR) is 63.1 cm³/mol. The molecule has 2 rings (SSSR count). The number of pyridine rings is 1. The topological polar surface area (TPSA) is 50.3 Å². The molecule has 0 bridgehead atoms. The van der Waals surface area contributed by atoms with Gasteiger partial charge in [-0.15, -0.1) is 0 Å². The summed E-state index contributed by atoms with van der Waals surface area (Å²) >= 11 is 0. The molecule has 0 aromatic carbocycles. The first-order chi connectivity index (χ1) is 8.27. The third kappa shape index (κ3) is 3.12. The molecule has 1 saturated heterocycles. The number of likely N-dealkylation sites (tertiary alicyclic amines) is 1. The lowest BCUT2D eigenvalue weighted by molar-refractivity contribution is -0.147. The van der Waals surface area contributed by atoms with Gasteiger partial charge in [-0.3, -0.25) is 19.5 Å². The van der Waals surface area contributed by atoms with Gasteiger partial charge >= 0.3 is 0 Å².